The van der Waals surface area contributed by atoms with E-state index in [-0.39, 0.29) is 0 Å². The number of fused-ring (bicyclic) bond motifs is 1. The van der Waals surface area contributed by atoms with Crippen molar-refractivity contribution in [1.82, 2.24) is 4.98 Å². The Balaban J connectivity index is 2.13. The molecule has 0 bridgehead atoms. The highest BCUT2D eigenvalue weighted by Crippen LogP contribution is 2.24. The molecule has 1 aliphatic rings. The maximum Gasteiger partial charge on any atom is 0.0435 e. The number of aryl methyl sites for hydroxylation is 2. The maximum atomic E-state index is 4.49. The van der Waals surface area contributed by atoms with Crippen LogP contribution in [0.25, 0.3) is 0 Å². The zero-order chi connectivity index (χ0) is 9.80. The molecule has 1 nitrogen and oxygen atoms in total. The molecule has 76 valence electrons. The summed E-state index contributed by atoms with van der Waals surface area (Å²) in [5, 5.41) is 0. The Bertz CT molecular complexity index is 293. The minimum Gasteiger partial charge on any atom is -0.261 e. The molecule has 0 radical (unpaired) electrons. The summed E-state index contributed by atoms with van der Waals surface area (Å²) < 4.78 is 0. The van der Waals surface area contributed by atoms with E-state index in [2.05, 4.69) is 24.0 Å². The summed E-state index contributed by atoms with van der Waals surface area (Å²) in [5.74, 6) is 0.935. The molecule has 0 N–H and O–H groups in total. The zero-order valence-electron chi connectivity index (χ0n) is 9.00. The van der Waals surface area contributed by atoms with Gasteiger partial charge in [0.05, 0.1) is 0 Å². The van der Waals surface area contributed by atoms with Crippen LogP contribution in [0.5, 0.6) is 0 Å². The summed E-state index contributed by atoms with van der Waals surface area (Å²) in [6.45, 7) is 2.31. The third-order valence-electron chi connectivity index (χ3n) is 3.41. The predicted molar refractivity (Wildman–Crippen MR) is 59.3 cm³/mol. The summed E-state index contributed by atoms with van der Waals surface area (Å²) in [5.41, 5.74) is 2.84. The molecule has 1 aromatic rings. The number of pyridine rings is 1. The molecular formula is C13H19N. The maximum absolute atomic E-state index is 4.49. The number of hydrogen-bond acceptors (Lipinski definition) is 1. The Kier molecular flexibility index (Phi) is 3.18. The van der Waals surface area contributed by atoms with Crippen molar-refractivity contribution in [2.24, 2.45) is 5.92 Å². The molecule has 0 saturated heterocycles. The van der Waals surface area contributed by atoms with Gasteiger partial charge in [0.25, 0.3) is 0 Å². The van der Waals surface area contributed by atoms with Gasteiger partial charge >= 0.3 is 0 Å². The minimum atomic E-state index is 0.935. The predicted octanol–water partition coefficient (Wildman–Crippen LogP) is 3.38. The zero-order valence-corrected chi connectivity index (χ0v) is 9.00. The highest BCUT2D eigenvalue weighted by Gasteiger charge is 2.13. The van der Waals surface area contributed by atoms with Crippen molar-refractivity contribution in [3.05, 3.63) is 29.6 Å². The van der Waals surface area contributed by atoms with Gasteiger partial charge in [-0.25, -0.2) is 0 Å². The van der Waals surface area contributed by atoms with Gasteiger partial charge in [-0.3, -0.25) is 4.98 Å². The molecule has 0 fully saturated rings. The topological polar surface area (TPSA) is 12.9 Å². The molecule has 0 aromatic carbocycles. The molecule has 0 spiro atoms. The first-order valence-electron chi connectivity index (χ1n) is 5.83. The van der Waals surface area contributed by atoms with E-state index in [1.165, 1.54) is 49.8 Å². The van der Waals surface area contributed by atoms with Crippen molar-refractivity contribution in [2.75, 3.05) is 0 Å². The number of aromatic nitrogens is 1. The first kappa shape index (κ1) is 9.70. The second kappa shape index (κ2) is 4.59. The lowest BCUT2D eigenvalue weighted by Crippen LogP contribution is -2.08. The summed E-state index contributed by atoms with van der Waals surface area (Å²) in [7, 11) is 0. The van der Waals surface area contributed by atoms with E-state index >= 15 is 0 Å². The van der Waals surface area contributed by atoms with E-state index in [1.807, 2.05) is 6.20 Å². The summed E-state index contributed by atoms with van der Waals surface area (Å²) in [4.78, 5) is 4.49. The molecule has 14 heavy (non-hydrogen) atoms. The van der Waals surface area contributed by atoms with Crippen LogP contribution in [0.4, 0.5) is 0 Å². The summed E-state index contributed by atoms with van der Waals surface area (Å²) >= 11 is 0. The summed E-state index contributed by atoms with van der Waals surface area (Å²) in [6, 6.07) is 4.31. The monoisotopic (exact) mass is 189 g/mol. The highest BCUT2D eigenvalue weighted by atomic mass is 14.7. The van der Waals surface area contributed by atoms with E-state index in [0.29, 0.717) is 0 Å². The third kappa shape index (κ3) is 2.14. The quantitative estimate of drug-likeness (QED) is 0.660. The molecule has 1 unspecified atom stereocenters. The average Bonchev–Trinajstić information content (AvgIpc) is 2.19. The van der Waals surface area contributed by atoms with Gasteiger partial charge in [0, 0.05) is 11.9 Å². The molecular weight excluding hydrogens is 170 g/mol. The van der Waals surface area contributed by atoms with Crippen molar-refractivity contribution in [3.63, 3.8) is 0 Å². The Morgan fingerprint density at radius 2 is 2.29 bits per heavy atom. The standard InChI is InChI=1S/C13H19N/c1-2-11-5-3-6-12-7-4-10-14-13(12)9-8-11/h4,7,10-11H,2-3,5-6,8-9H2,1H3. The van der Waals surface area contributed by atoms with Gasteiger partial charge in [-0.05, 0) is 43.2 Å². The van der Waals surface area contributed by atoms with Crippen LogP contribution in [-0.4, -0.2) is 4.98 Å². The van der Waals surface area contributed by atoms with E-state index in [4.69, 9.17) is 0 Å². The second-order valence-electron chi connectivity index (χ2n) is 4.31. The smallest absolute Gasteiger partial charge is 0.0435 e. The van der Waals surface area contributed by atoms with Gasteiger partial charge in [0.15, 0.2) is 0 Å². The molecule has 1 heteroatoms. The van der Waals surface area contributed by atoms with Gasteiger partial charge in [0.2, 0.25) is 0 Å². The van der Waals surface area contributed by atoms with Crippen molar-refractivity contribution >= 4 is 0 Å². The minimum absolute atomic E-state index is 0.935. The lowest BCUT2D eigenvalue weighted by molar-refractivity contribution is 0.412. The van der Waals surface area contributed by atoms with Crippen molar-refractivity contribution in [3.8, 4) is 0 Å². The fourth-order valence-electron chi connectivity index (χ4n) is 2.40. The molecule has 0 aliphatic heterocycles. The Hall–Kier alpha value is -0.850. The average molecular weight is 189 g/mol. The first-order valence-corrected chi connectivity index (χ1v) is 5.83. The van der Waals surface area contributed by atoms with Gasteiger partial charge in [0.1, 0.15) is 0 Å². The molecule has 1 atom stereocenters. The highest BCUT2D eigenvalue weighted by molar-refractivity contribution is 5.20. The van der Waals surface area contributed by atoms with E-state index in [0.717, 1.165) is 5.92 Å². The van der Waals surface area contributed by atoms with Crippen LogP contribution in [-0.2, 0) is 12.8 Å². The fraction of sp³-hybridized carbons (Fsp3) is 0.615. The fourth-order valence-corrected chi connectivity index (χ4v) is 2.40. The van der Waals surface area contributed by atoms with E-state index in [9.17, 15) is 0 Å². The molecule has 0 amide bonds. The number of hydrogen-bond donors (Lipinski definition) is 0. The number of rotatable bonds is 1. The lowest BCUT2D eigenvalue weighted by atomic mass is 9.88. The Morgan fingerprint density at radius 1 is 1.36 bits per heavy atom. The van der Waals surface area contributed by atoms with Gasteiger partial charge in [-0.1, -0.05) is 25.8 Å². The normalized spacial score (nSPS) is 22.2. The van der Waals surface area contributed by atoms with Crippen molar-refractivity contribution in [2.45, 2.75) is 45.4 Å². The molecule has 1 aliphatic carbocycles. The SMILES string of the molecule is CCC1CCCc2cccnc2CC1. The van der Waals surface area contributed by atoms with Crippen LogP contribution in [0.2, 0.25) is 0 Å². The van der Waals surface area contributed by atoms with E-state index < -0.39 is 0 Å². The third-order valence-corrected chi connectivity index (χ3v) is 3.41. The lowest BCUT2D eigenvalue weighted by Gasteiger charge is -2.19. The molecule has 0 saturated carbocycles. The molecule has 1 heterocycles. The second-order valence-corrected chi connectivity index (χ2v) is 4.31. The van der Waals surface area contributed by atoms with Crippen LogP contribution in [0, 0.1) is 5.92 Å². The van der Waals surface area contributed by atoms with Gasteiger partial charge in [-0.15, -0.1) is 0 Å². The Morgan fingerprint density at radius 3 is 3.14 bits per heavy atom. The largest absolute Gasteiger partial charge is 0.261 e. The molecule has 1 aromatic heterocycles. The van der Waals surface area contributed by atoms with Gasteiger partial charge < -0.3 is 0 Å². The van der Waals surface area contributed by atoms with Crippen LogP contribution >= 0.6 is 0 Å². The first-order chi connectivity index (χ1) is 6.90. The number of nitrogens with zero attached hydrogens (tertiary/aromatic N) is 1. The van der Waals surface area contributed by atoms with Gasteiger partial charge in [-0.2, -0.15) is 0 Å². The van der Waals surface area contributed by atoms with E-state index in [1.54, 1.807) is 0 Å². The van der Waals surface area contributed by atoms with Crippen LogP contribution in [0.15, 0.2) is 18.3 Å². The Labute approximate surface area is 86.6 Å². The van der Waals surface area contributed by atoms with Crippen molar-refractivity contribution in [1.29, 1.82) is 0 Å². The van der Waals surface area contributed by atoms with Crippen LogP contribution < -0.4 is 0 Å². The molecule has 2 rings (SSSR count). The van der Waals surface area contributed by atoms with Crippen LogP contribution in [0.3, 0.4) is 0 Å². The van der Waals surface area contributed by atoms with Crippen LogP contribution in [0.1, 0.15) is 43.9 Å². The summed E-state index contributed by atoms with van der Waals surface area (Å²) in [6.07, 6.45) is 9.78. The van der Waals surface area contributed by atoms with Crippen molar-refractivity contribution < 1.29 is 0 Å².